The SMILES string of the molecule is CCc1cc(NCC2(C)CCCS2)nc(C)n1. The second-order valence-corrected chi connectivity index (χ2v) is 6.58. The molecule has 1 fully saturated rings. The van der Waals surface area contributed by atoms with Crippen LogP contribution in [0.3, 0.4) is 0 Å². The molecule has 1 aliphatic rings. The van der Waals surface area contributed by atoms with Crippen LogP contribution < -0.4 is 5.32 Å². The second kappa shape index (κ2) is 5.25. The molecule has 0 bridgehead atoms. The molecule has 0 aliphatic carbocycles. The summed E-state index contributed by atoms with van der Waals surface area (Å²) in [5.41, 5.74) is 1.12. The predicted octanol–water partition coefficient (Wildman–Crippen LogP) is 3.05. The summed E-state index contributed by atoms with van der Waals surface area (Å²) in [7, 11) is 0. The fourth-order valence-corrected chi connectivity index (χ4v) is 3.40. The fourth-order valence-electron chi connectivity index (χ4n) is 2.15. The topological polar surface area (TPSA) is 37.8 Å². The van der Waals surface area contributed by atoms with Crippen molar-refractivity contribution < 1.29 is 0 Å². The molecule has 1 unspecified atom stereocenters. The number of thioether (sulfide) groups is 1. The van der Waals surface area contributed by atoms with Crippen LogP contribution in [-0.2, 0) is 6.42 Å². The maximum atomic E-state index is 4.44. The van der Waals surface area contributed by atoms with E-state index in [-0.39, 0.29) is 0 Å². The Morgan fingerprint density at radius 1 is 1.47 bits per heavy atom. The van der Waals surface area contributed by atoms with Crippen LogP contribution in [0.1, 0.15) is 38.2 Å². The highest BCUT2D eigenvalue weighted by molar-refractivity contribution is 8.00. The van der Waals surface area contributed by atoms with Crippen molar-refractivity contribution in [2.75, 3.05) is 17.6 Å². The molecule has 3 nitrogen and oxygen atoms in total. The molecule has 1 N–H and O–H groups in total. The standard InChI is InChI=1S/C13H21N3S/c1-4-11-8-12(16-10(2)15-11)14-9-13(3)6-5-7-17-13/h8H,4-7,9H2,1-3H3,(H,14,15,16). The average molecular weight is 251 g/mol. The molecule has 0 saturated carbocycles. The van der Waals surface area contributed by atoms with Crippen LogP contribution >= 0.6 is 11.8 Å². The van der Waals surface area contributed by atoms with Crippen molar-refractivity contribution in [2.24, 2.45) is 0 Å². The van der Waals surface area contributed by atoms with Gasteiger partial charge >= 0.3 is 0 Å². The highest BCUT2D eigenvalue weighted by Gasteiger charge is 2.29. The number of rotatable bonds is 4. The minimum absolute atomic E-state index is 0.380. The molecule has 1 aromatic rings. The van der Waals surface area contributed by atoms with Gasteiger partial charge in [0.15, 0.2) is 0 Å². The number of nitrogens with one attached hydrogen (secondary N) is 1. The third-order valence-corrected chi connectivity index (χ3v) is 4.74. The lowest BCUT2D eigenvalue weighted by Gasteiger charge is -2.23. The van der Waals surface area contributed by atoms with Gasteiger partial charge in [-0.25, -0.2) is 9.97 Å². The molecule has 0 radical (unpaired) electrons. The van der Waals surface area contributed by atoms with Crippen LogP contribution in [-0.4, -0.2) is 27.0 Å². The summed E-state index contributed by atoms with van der Waals surface area (Å²) in [6.45, 7) is 7.42. The molecule has 2 heterocycles. The summed E-state index contributed by atoms with van der Waals surface area (Å²) in [4.78, 5) is 8.84. The fraction of sp³-hybridized carbons (Fsp3) is 0.692. The predicted molar refractivity (Wildman–Crippen MR) is 74.7 cm³/mol. The Morgan fingerprint density at radius 2 is 2.29 bits per heavy atom. The van der Waals surface area contributed by atoms with Gasteiger partial charge in [-0.1, -0.05) is 6.92 Å². The van der Waals surface area contributed by atoms with E-state index >= 15 is 0 Å². The molecule has 0 amide bonds. The van der Waals surface area contributed by atoms with Crippen LogP contribution in [0, 0.1) is 6.92 Å². The maximum absolute atomic E-state index is 4.44. The largest absolute Gasteiger partial charge is 0.369 e. The van der Waals surface area contributed by atoms with E-state index < -0.39 is 0 Å². The average Bonchev–Trinajstić information content (AvgIpc) is 2.73. The lowest BCUT2D eigenvalue weighted by Crippen LogP contribution is -2.27. The van der Waals surface area contributed by atoms with Gasteiger partial charge in [-0.15, -0.1) is 0 Å². The first-order valence-electron chi connectivity index (χ1n) is 6.34. The Hall–Kier alpha value is -0.770. The molecule has 1 aliphatic heterocycles. The molecular weight excluding hydrogens is 230 g/mol. The number of aromatic nitrogens is 2. The Bertz CT molecular complexity index is 386. The lowest BCUT2D eigenvalue weighted by atomic mass is 10.1. The smallest absolute Gasteiger partial charge is 0.129 e. The highest BCUT2D eigenvalue weighted by atomic mass is 32.2. The van der Waals surface area contributed by atoms with Crippen LogP contribution in [0.15, 0.2) is 6.07 Å². The van der Waals surface area contributed by atoms with Crippen molar-refractivity contribution in [3.63, 3.8) is 0 Å². The molecule has 17 heavy (non-hydrogen) atoms. The summed E-state index contributed by atoms with van der Waals surface area (Å²) in [6, 6.07) is 2.07. The van der Waals surface area contributed by atoms with Gasteiger partial charge < -0.3 is 5.32 Å². The van der Waals surface area contributed by atoms with Gasteiger partial charge in [0, 0.05) is 23.1 Å². The maximum Gasteiger partial charge on any atom is 0.129 e. The van der Waals surface area contributed by atoms with Crippen molar-refractivity contribution in [1.82, 2.24) is 9.97 Å². The molecule has 0 aromatic carbocycles. The number of aryl methyl sites for hydroxylation is 2. The van der Waals surface area contributed by atoms with Gasteiger partial charge in [0.2, 0.25) is 0 Å². The van der Waals surface area contributed by atoms with Crippen LogP contribution in [0.2, 0.25) is 0 Å². The van der Waals surface area contributed by atoms with Crippen LogP contribution in [0.4, 0.5) is 5.82 Å². The van der Waals surface area contributed by atoms with E-state index in [9.17, 15) is 0 Å². The Kier molecular flexibility index (Phi) is 3.92. The monoisotopic (exact) mass is 251 g/mol. The summed E-state index contributed by atoms with van der Waals surface area (Å²) in [5, 5.41) is 3.47. The van der Waals surface area contributed by atoms with Gasteiger partial charge in [-0.3, -0.25) is 0 Å². The zero-order chi connectivity index (χ0) is 12.3. The van der Waals surface area contributed by atoms with E-state index in [0.29, 0.717) is 4.75 Å². The zero-order valence-corrected chi connectivity index (χ0v) is 11.7. The quantitative estimate of drug-likeness (QED) is 0.892. The number of hydrogen-bond donors (Lipinski definition) is 1. The number of nitrogens with zero attached hydrogens (tertiary/aromatic N) is 2. The molecule has 1 aromatic heterocycles. The molecule has 0 spiro atoms. The van der Waals surface area contributed by atoms with Crippen LogP contribution in [0.5, 0.6) is 0 Å². The van der Waals surface area contributed by atoms with E-state index in [4.69, 9.17) is 0 Å². The summed E-state index contributed by atoms with van der Waals surface area (Å²) < 4.78 is 0.380. The van der Waals surface area contributed by atoms with E-state index in [0.717, 1.165) is 30.3 Å². The normalized spacial score (nSPS) is 23.9. The lowest BCUT2D eigenvalue weighted by molar-refractivity contribution is 0.633. The van der Waals surface area contributed by atoms with Crippen molar-refractivity contribution in [1.29, 1.82) is 0 Å². The Balaban J connectivity index is 2.00. The van der Waals surface area contributed by atoms with E-state index in [2.05, 4.69) is 47.0 Å². The minimum atomic E-state index is 0.380. The molecule has 94 valence electrons. The van der Waals surface area contributed by atoms with Crippen molar-refractivity contribution in [3.05, 3.63) is 17.6 Å². The number of anilines is 1. The van der Waals surface area contributed by atoms with Crippen molar-refractivity contribution in [2.45, 2.75) is 44.8 Å². The first-order valence-corrected chi connectivity index (χ1v) is 7.32. The third kappa shape index (κ3) is 3.35. The van der Waals surface area contributed by atoms with E-state index in [1.54, 1.807) is 0 Å². The van der Waals surface area contributed by atoms with Crippen molar-refractivity contribution in [3.8, 4) is 0 Å². The summed E-state index contributed by atoms with van der Waals surface area (Å²) >= 11 is 2.07. The molecule has 1 atom stereocenters. The van der Waals surface area contributed by atoms with Gasteiger partial charge in [-0.05, 0) is 38.9 Å². The van der Waals surface area contributed by atoms with Crippen molar-refractivity contribution >= 4 is 17.6 Å². The van der Waals surface area contributed by atoms with Gasteiger partial charge in [0.1, 0.15) is 11.6 Å². The van der Waals surface area contributed by atoms with E-state index in [1.165, 1.54) is 18.6 Å². The molecular formula is C13H21N3S. The van der Waals surface area contributed by atoms with Gasteiger partial charge in [0.05, 0.1) is 0 Å². The second-order valence-electron chi connectivity index (χ2n) is 4.90. The van der Waals surface area contributed by atoms with Crippen LogP contribution in [0.25, 0.3) is 0 Å². The van der Waals surface area contributed by atoms with E-state index in [1.807, 2.05) is 6.92 Å². The number of hydrogen-bond acceptors (Lipinski definition) is 4. The minimum Gasteiger partial charge on any atom is -0.369 e. The molecule has 4 heteroatoms. The Morgan fingerprint density at radius 3 is 2.94 bits per heavy atom. The summed E-state index contributed by atoms with van der Waals surface area (Å²) in [5.74, 6) is 3.13. The first-order chi connectivity index (χ1) is 8.11. The first kappa shape index (κ1) is 12.7. The molecule has 2 rings (SSSR count). The van der Waals surface area contributed by atoms with Gasteiger partial charge in [0.25, 0.3) is 0 Å². The Labute approximate surface area is 108 Å². The summed E-state index contributed by atoms with van der Waals surface area (Å²) in [6.07, 6.45) is 3.60. The van der Waals surface area contributed by atoms with Gasteiger partial charge in [-0.2, -0.15) is 11.8 Å². The highest BCUT2D eigenvalue weighted by Crippen LogP contribution is 2.37. The molecule has 1 saturated heterocycles. The third-order valence-electron chi connectivity index (χ3n) is 3.20. The zero-order valence-electron chi connectivity index (χ0n) is 10.9.